The molecule has 0 amide bonds. The third-order valence-corrected chi connectivity index (χ3v) is 14.1. The van der Waals surface area contributed by atoms with Crippen LogP contribution in [0.25, 0.3) is 76.6 Å². The minimum atomic E-state index is -0.139. The van der Waals surface area contributed by atoms with Gasteiger partial charge >= 0.3 is 0 Å². The van der Waals surface area contributed by atoms with E-state index in [0.717, 1.165) is 22.3 Å². The molecule has 6 aromatic carbocycles. The van der Waals surface area contributed by atoms with Crippen molar-refractivity contribution in [3.8, 4) is 65.6 Å². The number of benzene rings is 6. The van der Waals surface area contributed by atoms with Crippen LogP contribution in [0.4, 0.5) is 0 Å². The standard InChI is InChI=1S/C51H40OS/c1-49(2)39-22-31(46-24-30-14-10-11-15-45(30)52-46)16-18-33(39)35-25-43-37(27-41(35)49)38-28-42-36(26-44(38)51(43,5)6)34-19-17-32(23-40(34)50(42,3)4)48-21-20-47(53-48)29-12-8-7-9-13-29/h7-28H,1-6H3. The third kappa shape index (κ3) is 4.19. The van der Waals surface area contributed by atoms with Crippen LogP contribution in [0, 0.1) is 0 Å². The SMILES string of the molecule is CC1(C)c2cc(-c3cc4ccccc4o3)ccc2-c2cc3c(cc21)-c1cc2c(cc1C3(C)C)-c1ccc(-c3ccc(-c4ccccc4)s3)cc1C2(C)C. The molecule has 0 aliphatic heterocycles. The summed E-state index contributed by atoms with van der Waals surface area (Å²) in [4.78, 5) is 2.63. The maximum Gasteiger partial charge on any atom is 0.135 e. The van der Waals surface area contributed by atoms with Gasteiger partial charge in [0.05, 0.1) is 0 Å². The number of thiophene rings is 1. The van der Waals surface area contributed by atoms with Crippen LogP contribution < -0.4 is 0 Å². The predicted molar refractivity (Wildman–Crippen MR) is 223 cm³/mol. The fourth-order valence-electron chi connectivity index (χ4n) is 9.87. The molecule has 0 fully saturated rings. The zero-order valence-electron chi connectivity index (χ0n) is 31.0. The molecule has 3 aliphatic carbocycles. The van der Waals surface area contributed by atoms with Gasteiger partial charge in [-0.15, -0.1) is 11.3 Å². The average Bonchev–Trinajstić information content (AvgIpc) is 3.96. The van der Waals surface area contributed by atoms with Gasteiger partial charge < -0.3 is 4.42 Å². The van der Waals surface area contributed by atoms with E-state index < -0.39 is 0 Å². The Hall–Kier alpha value is -5.44. The molecule has 0 saturated carbocycles. The Bertz CT molecular complexity index is 2820. The van der Waals surface area contributed by atoms with Gasteiger partial charge in [0.25, 0.3) is 0 Å². The number of hydrogen-bond donors (Lipinski definition) is 0. The van der Waals surface area contributed by atoms with Crippen LogP contribution in [0.3, 0.4) is 0 Å². The first kappa shape index (κ1) is 31.1. The van der Waals surface area contributed by atoms with Crippen LogP contribution in [0.1, 0.15) is 74.9 Å². The molecule has 3 aliphatic rings. The van der Waals surface area contributed by atoms with Crippen molar-refractivity contribution in [2.24, 2.45) is 0 Å². The van der Waals surface area contributed by atoms with Crippen molar-refractivity contribution >= 4 is 22.3 Å². The molecule has 2 heterocycles. The summed E-state index contributed by atoms with van der Waals surface area (Å²) in [6.07, 6.45) is 0. The molecule has 0 saturated heterocycles. The molecule has 0 radical (unpaired) electrons. The van der Waals surface area contributed by atoms with E-state index >= 15 is 0 Å². The Morgan fingerprint density at radius 3 is 1.40 bits per heavy atom. The Morgan fingerprint density at radius 1 is 0.377 bits per heavy atom. The molecule has 8 aromatic rings. The number of rotatable bonds is 3. The van der Waals surface area contributed by atoms with Crippen molar-refractivity contribution in [2.45, 2.75) is 57.8 Å². The van der Waals surface area contributed by atoms with Crippen LogP contribution in [0.15, 0.2) is 138 Å². The fourth-order valence-corrected chi connectivity index (χ4v) is 10.9. The quantitative estimate of drug-likeness (QED) is 0.179. The highest BCUT2D eigenvalue weighted by Crippen LogP contribution is 2.59. The lowest BCUT2D eigenvalue weighted by Crippen LogP contribution is -2.17. The maximum atomic E-state index is 6.31. The Labute approximate surface area is 315 Å². The number of hydrogen-bond acceptors (Lipinski definition) is 2. The first-order valence-corrected chi connectivity index (χ1v) is 19.6. The minimum Gasteiger partial charge on any atom is -0.456 e. The summed E-state index contributed by atoms with van der Waals surface area (Å²) in [6.45, 7) is 14.5. The zero-order valence-corrected chi connectivity index (χ0v) is 31.8. The summed E-state index contributed by atoms with van der Waals surface area (Å²) in [5.41, 5.74) is 21.1. The number of fused-ring (bicyclic) bond motifs is 10. The highest BCUT2D eigenvalue weighted by Gasteiger charge is 2.44. The Balaban J connectivity index is 0.995. The highest BCUT2D eigenvalue weighted by molar-refractivity contribution is 7.18. The summed E-state index contributed by atoms with van der Waals surface area (Å²) in [6, 6.07) is 50.0. The van der Waals surface area contributed by atoms with E-state index in [4.69, 9.17) is 4.42 Å². The molecule has 11 rings (SSSR count). The van der Waals surface area contributed by atoms with Gasteiger partial charge in [0, 0.05) is 36.9 Å². The van der Waals surface area contributed by atoms with E-state index in [0.29, 0.717) is 0 Å². The van der Waals surface area contributed by atoms with Gasteiger partial charge in [-0.3, -0.25) is 0 Å². The summed E-state index contributed by atoms with van der Waals surface area (Å²) >= 11 is 1.88. The van der Waals surface area contributed by atoms with E-state index in [2.05, 4.69) is 163 Å². The molecule has 0 bridgehead atoms. The lowest BCUT2D eigenvalue weighted by atomic mass is 9.78. The van der Waals surface area contributed by atoms with Crippen LogP contribution >= 0.6 is 11.3 Å². The predicted octanol–water partition coefficient (Wildman–Crippen LogP) is 14.4. The van der Waals surface area contributed by atoms with Gasteiger partial charge in [-0.25, -0.2) is 0 Å². The lowest BCUT2D eigenvalue weighted by Gasteiger charge is -2.25. The minimum absolute atomic E-state index is 0.110. The van der Waals surface area contributed by atoms with Crippen LogP contribution in [0.5, 0.6) is 0 Å². The van der Waals surface area contributed by atoms with E-state index in [1.54, 1.807) is 0 Å². The van der Waals surface area contributed by atoms with E-state index in [1.165, 1.54) is 87.6 Å². The van der Waals surface area contributed by atoms with Gasteiger partial charge in [-0.2, -0.15) is 0 Å². The second kappa shape index (κ2) is 10.4. The monoisotopic (exact) mass is 700 g/mol. The maximum absolute atomic E-state index is 6.31. The van der Waals surface area contributed by atoms with Crippen molar-refractivity contribution in [2.75, 3.05) is 0 Å². The first-order chi connectivity index (χ1) is 25.5. The average molecular weight is 701 g/mol. The zero-order chi connectivity index (χ0) is 36.0. The van der Waals surface area contributed by atoms with E-state index in [9.17, 15) is 0 Å². The normalized spacial score (nSPS) is 16.2. The van der Waals surface area contributed by atoms with Gasteiger partial charge in [0.2, 0.25) is 0 Å². The van der Waals surface area contributed by atoms with E-state index in [1.807, 2.05) is 23.5 Å². The van der Waals surface area contributed by atoms with Crippen molar-refractivity contribution in [1.29, 1.82) is 0 Å². The molecule has 0 spiro atoms. The second-order valence-corrected chi connectivity index (χ2v) is 18.0. The van der Waals surface area contributed by atoms with Crippen molar-refractivity contribution in [3.63, 3.8) is 0 Å². The molecule has 0 N–H and O–H groups in total. The van der Waals surface area contributed by atoms with Gasteiger partial charge in [-0.05, 0) is 139 Å². The summed E-state index contributed by atoms with van der Waals surface area (Å²) in [5.74, 6) is 0.926. The molecule has 53 heavy (non-hydrogen) atoms. The van der Waals surface area contributed by atoms with Crippen molar-refractivity contribution in [3.05, 3.63) is 167 Å². The van der Waals surface area contributed by atoms with Crippen molar-refractivity contribution < 1.29 is 4.42 Å². The molecule has 1 nitrogen and oxygen atoms in total. The lowest BCUT2D eigenvalue weighted by molar-refractivity contribution is 0.630. The Kier molecular flexibility index (Phi) is 6.09. The molecule has 256 valence electrons. The fraction of sp³-hybridized carbons (Fsp3) is 0.176. The molecule has 0 unspecified atom stereocenters. The van der Waals surface area contributed by atoms with Crippen LogP contribution in [0.2, 0.25) is 0 Å². The highest BCUT2D eigenvalue weighted by atomic mass is 32.1. The largest absolute Gasteiger partial charge is 0.456 e. The summed E-state index contributed by atoms with van der Waals surface area (Å²) in [7, 11) is 0. The molecule has 2 aromatic heterocycles. The topological polar surface area (TPSA) is 13.1 Å². The number of para-hydroxylation sites is 1. The smallest absolute Gasteiger partial charge is 0.135 e. The number of furan rings is 1. The van der Waals surface area contributed by atoms with Crippen LogP contribution in [-0.4, -0.2) is 0 Å². The third-order valence-electron chi connectivity index (χ3n) is 12.9. The van der Waals surface area contributed by atoms with Gasteiger partial charge in [0.1, 0.15) is 11.3 Å². The summed E-state index contributed by atoms with van der Waals surface area (Å²) in [5, 5.41) is 1.14. The van der Waals surface area contributed by atoms with Gasteiger partial charge in [0.15, 0.2) is 0 Å². The Morgan fingerprint density at radius 2 is 0.830 bits per heavy atom. The van der Waals surface area contributed by atoms with Crippen molar-refractivity contribution in [1.82, 2.24) is 0 Å². The molecule has 2 heteroatoms. The first-order valence-electron chi connectivity index (χ1n) is 18.8. The molecular weight excluding hydrogens is 661 g/mol. The van der Waals surface area contributed by atoms with E-state index in [-0.39, 0.29) is 16.2 Å². The van der Waals surface area contributed by atoms with Crippen LogP contribution in [-0.2, 0) is 16.2 Å². The summed E-state index contributed by atoms with van der Waals surface area (Å²) < 4.78 is 6.31. The molecule has 0 atom stereocenters. The molecular formula is C51H40OS. The van der Waals surface area contributed by atoms with Gasteiger partial charge in [-0.1, -0.05) is 114 Å². The second-order valence-electron chi connectivity index (χ2n) is 17.0.